The monoisotopic (exact) mass is 454 g/mol. The quantitative estimate of drug-likeness (QED) is 0.587. The molecule has 2 amide bonds. The molecular formula is C25H30N2O6. The van der Waals surface area contributed by atoms with Gasteiger partial charge in [-0.25, -0.2) is 4.79 Å². The topological polar surface area (TPSA) is 103 Å². The predicted octanol–water partition coefficient (Wildman–Crippen LogP) is 3.87. The lowest BCUT2D eigenvalue weighted by Gasteiger charge is -2.23. The van der Waals surface area contributed by atoms with E-state index in [-0.39, 0.29) is 24.5 Å². The maximum Gasteiger partial charge on any atom is 0.343 e. The van der Waals surface area contributed by atoms with E-state index < -0.39 is 5.97 Å². The van der Waals surface area contributed by atoms with Crippen molar-refractivity contribution in [1.82, 2.24) is 5.32 Å². The molecule has 0 unspecified atom stereocenters. The van der Waals surface area contributed by atoms with Gasteiger partial charge < -0.3 is 24.8 Å². The third-order valence-electron chi connectivity index (χ3n) is 5.68. The summed E-state index contributed by atoms with van der Waals surface area (Å²) in [6, 6.07) is 10.1. The molecule has 2 aromatic rings. The Kier molecular flexibility index (Phi) is 8.29. The van der Waals surface area contributed by atoms with Gasteiger partial charge in [0.15, 0.2) is 18.1 Å². The van der Waals surface area contributed by atoms with Crippen LogP contribution in [0.15, 0.2) is 36.4 Å². The second kappa shape index (κ2) is 11.4. The molecule has 8 nitrogen and oxygen atoms in total. The number of benzene rings is 2. The highest BCUT2D eigenvalue weighted by Crippen LogP contribution is 2.29. The number of amides is 2. The molecule has 1 fully saturated rings. The molecule has 0 atom stereocenters. The van der Waals surface area contributed by atoms with Crippen LogP contribution in [0.1, 0.15) is 58.4 Å². The van der Waals surface area contributed by atoms with E-state index in [1.165, 1.54) is 26.7 Å². The van der Waals surface area contributed by atoms with Crippen LogP contribution in [0, 0.1) is 6.92 Å². The number of anilines is 1. The highest BCUT2D eigenvalue weighted by Gasteiger charge is 2.18. The van der Waals surface area contributed by atoms with Gasteiger partial charge in [-0.2, -0.15) is 0 Å². The first-order valence-electron chi connectivity index (χ1n) is 11.0. The Bertz CT molecular complexity index is 1010. The average Bonchev–Trinajstić information content (AvgIpc) is 2.84. The zero-order chi connectivity index (χ0) is 23.8. The van der Waals surface area contributed by atoms with Crippen molar-refractivity contribution in [2.24, 2.45) is 0 Å². The van der Waals surface area contributed by atoms with E-state index in [0.717, 1.165) is 31.2 Å². The highest BCUT2D eigenvalue weighted by molar-refractivity contribution is 6.05. The summed E-state index contributed by atoms with van der Waals surface area (Å²) < 4.78 is 15.2. The van der Waals surface area contributed by atoms with Crippen LogP contribution in [0.3, 0.4) is 0 Å². The predicted molar refractivity (Wildman–Crippen MR) is 124 cm³/mol. The first-order valence-corrected chi connectivity index (χ1v) is 11.0. The van der Waals surface area contributed by atoms with Gasteiger partial charge in [0.2, 0.25) is 0 Å². The number of hydrogen-bond acceptors (Lipinski definition) is 6. The lowest BCUT2D eigenvalue weighted by atomic mass is 9.95. The van der Waals surface area contributed by atoms with Gasteiger partial charge in [-0.3, -0.25) is 9.59 Å². The SMILES string of the molecule is COC(=O)COc1ccc(C(=O)Nc2ccc(C(=O)NC3CCCCC3)cc2C)cc1OC. The van der Waals surface area contributed by atoms with Crippen molar-refractivity contribution in [1.29, 1.82) is 0 Å². The van der Waals surface area contributed by atoms with Crippen molar-refractivity contribution in [3.63, 3.8) is 0 Å². The summed E-state index contributed by atoms with van der Waals surface area (Å²) in [5.41, 5.74) is 2.32. The fourth-order valence-corrected chi connectivity index (χ4v) is 3.78. The van der Waals surface area contributed by atoms with E-state index in [0.29, 0.717) is 28.3 Å². The molecule has 0 saturated heterocycles. The maximum absolute atomic E-state index is 12.8. The number of carbonyl (C=O) groups is 3. The van der Waals surface area contributed by atoms with E-state index in [4.69, 9.17) is 9.47 Å². The van der Waals surface area contributed by atoms with E-state index in [2.05, 4.69) is 15.4 Å². The molecule has 3 rings (SSSR count). The van der Waals surface area contributed by atoms with Gasteiger partial charge in [0.25, 0.3) is 11.8 Å². The third-order valence-corrected chi connectivity index (χ3v) is 5.68. The van der Waals surface area contributed by atoms with Crippen LogP contribution in [0.25, 0.3) is 0 Å². The molecule has 1 aliphatic carbocycles. The van der Waals surface area contributed by atoms with Crippen molar-refractivity contribution in [3.05, 3.63) is 53.1 Å². The zero-order valence-electron chi connectivity index (χ0n) is 19.2. The number of rotatable bonds is 8. The summed E-state index contributed by atoms with van der Waals surface area (Å²) in [5.74, 6) is -0.308. The number of carbonyl (C=O) groups excluding carboxylic acids is 3. The number of methoxy groups -OCH3 is 2. The fraction of sp³-hybridized carbons (Fsp3) is 0.400. The standard InChI is InChI=1S/C25H30N2O6/c1-16-13-17(24(29)26-19-7-5-4-6-8-19)9-11-20(16)27-25(30)18-10-12-21(22(14-18)31-2)33-15-23(28)32-3/h9-14,19H,4-8,15H2,1-3H3,(H,26,29)(H,27,30). The van der Waals surface area contributed by atoms with E-state index >= 15 is 0 Å². The van der Waals surface area contributed by atoms with Crippen LogP contribution in [0.2, 0.25) is 0 Å². The molecular weight excluding hydrogens is 424 g/mol. The molecule has 1 aliphatic rings. The summed E-state index contributed by atoms with van der Waals surface area (Å²) in [4.78, 5) is 36.6. The molecule has 8 heteroatoms. The molecule has 0 radical (unpaired) electrons. The van der Waals surface area contributed by atoms with Gasteiger partial charge in [-0.1, -0.05) is 19.3 Å². The van der Waals surface area contributed by atoms with E-state index in [1.807, 2.05) is 6.92 Å². The Hall–Kier alpha value is -3.55. The first-order chi connectivity index (χ1) is 15.9. The molecule has 0 aliphatic heterocycles. The molecule has 176 valence electrons. The summed E-state index contributed by atoms with van der Waals surface area (Å²) in [5, 5.41) is 5.97. The molecule has 0 bridgehead atoms. The molecule has 0 spiro atoms. The minimum Gasteiger partial charge on any atom is -0.493 e. The summed E-state index contributed by atoms with van der Waals surface area (Å²) in [6.45, 7) is 1.58. The Balaban J connectivity index is 1.65. The Morgan fingerprint density at radius 1 is 0.909 bits per heavy atom. The lowest BCUT2D eigenvalue weighted by Crippen LogP contribution is -2.36. The van der Waals surface area contributed by atoms with Gasteiger partial charge in [-0.15, -0.1) is 0 Å². The minimum atomic E-state index is -0.523. The zero-order valence-corrected chi connectivity index (χ0v) is 19.2. The maximum atomic E-state index is 12.8. The molecule has 1 saturated carbocycles. The summed E-state index contributed by atoms with van der Waals surface area (Å²) in [7, 11) is 2.72. The lowest BCUT2D eigenvalue weighted by molar-refractivity contribution is -0.142. The second-order valence-corrected chi connectivity index (χ2v) is 8.02. The van der Waals surface area contributed by atoms with Gasteiger partial charge in [0, 0.05) is 22.9 Å². The van der Waals surface area contributed by atoms with E-state index in [1.54, 1.807) is 30.3 Å². The fourth-order valence-electron chi connectivity index (χ4n) is 3.78. The molecule has 2 aromatic carbocycles. The third kappa shape index (κ3) is 6.47. The van der Waals surface area contributed by atoms with Crippen molar-refractivity contribution < 1.29 is 28.6 Å². The number of aryl methyl sites for hydroxylation is 1. The first kappa shape index (κ1) is 24.1. The van der Waals surface area contributed by atoms with Gasteiger partial charge >= 0.3 is 5.97 Å². The highest BCUT2D eigenvalue weighted by atomic mass is 16.6. The minimum absolute atomic E-state index is 0.0878. The van der Waals surface area contributed by atoms with Crippen LogP contribution < -0.4 is 20.1 Å². The van der Waals surface area contributed by atoms with Crippen LogP contribution in [0.5, 0.6) is 11.5 Å². The van der Waals surface area contributed by atoms with Crippen LogP contribution in [-0.2, 0) is 9.53 Å². The summed E-state index contributed by atoms with van der Waals surface area (Å²) in [6.07, 6.45) is 5.58. The number of ether oxygens (including phenoxy) is 3. The average molecular weight is 455 g/mol. The molecule has 0 heterocycles. The summed E-state index contributed by atoms with van der Waals surface area (Å²) >= 11 is 0. The van der Waals surface area contributed by atoms with Gasteiger partial charge in [-0.05, 0) is 61.7 Å². The Labute approximate surface area is 193 Å². The normalized spacial score (nSPS) is 13.7. The molecule has 2 N–H and O–H groups in total. The van der Waals surface area contributed by atoms with Crippen molar-refractivity contribution in [2.75, 3.05) is 26.1 Å². The molecule has 33 heavy (non-hydrogen) atoms. The van der Waals surface area contributed by atoms with Gasteiger partial charge in [0.1, 0.15) is 0 Å². The smallest absolute Gasteiger partial charge is 0.343 e. The Morgan fingerprint density at radius 2 is 1.61 bits per heavy atom. The van der Waals surface area contributed by atoms with Crippen molar-refractivity contribution in [3.8, 4) is 11.5 Å². The number of esters is 1. The second-order valence-electron chi connectivity index (χ2n) is 8.02. The van der Waals surface area contributed by atoms with E-state index in [9.17, 15) is 14.4 Å². The van der Waals surface area contributed by atoms with Crippen molar-refractivity contribution >= 4 is 23.5 Å². The van der Waals surface area contributed by atoms with Gasteiger partial charge in [0.05, 0.1) is 14.2 Å². The van der Waals surface area contributed by atoms with Crippen molar-refractivity contribution in [2.45, 2.75) is 45.1 Å². The Morgan fingerprint density at radius 3 is 2.27 bits per heavy atom. The molecule has 0 aromatic heterocycles. The van der Waals surface area contributed by atoms with Crippen LogP contribution in [-0.4, -0.2) is 44.7 Å². The van der Waals surface area contributed by atoms with Crippen LogP contribution >= 0.6 is 0 Å². The van der Waals surface area contributed by atoms with Crippen LogP contribution in [0.4, 0.5) is 5.69 Å². The largest absolute Gasteiger partial charge is 0.493 e. The number of nitrogens with one attached hydrogen (secondary N) is 2. The number of hydrogen-bond donors (Lipinski definition) is 2.